The molecule has 33 heavy (non-hydrogen) atoms. The second kappa shape index (κ2) is 10.4. The topological polar surface area (TPSA) is 30.9 Å². The second-order valence-corrected chi connectivity index (χ2v) is 7.44. The number of ether oxygens (including phenoxy) is 3. The summed E-state index contributed by atoms with van der Waals surface area (Å²) in [6.07, 6.45) is 4.18. The molecule has 4 nitrogen and oxygen atoms in total. The van der Waals surface area contributed by atoms with Gasteiger partial charge in [-0.2, -0.15) is 0 Å². The first-order valence-electron chi connectivity index (χ1n) is 10.7. The normalized spacial score (nSPS) is 10.8. The average Bonchev–Trinajstić information content (AvgIpc) is 2.89. The minimum Gasteiger partial charge on any atom is -0.497 e. The minimum atomic E-state index is 0.804. The lowest BCUT2D eigenvalue weighted by Crippen LogP contribution is -2.10. The molecule has 0 amide bonds. The number of anilines is 3. The number of nitrogens with zero attached hydrogens (tertiary/aromatic N) is 1. The summed E-state index contributed by atoms with van der Waals surface area (Å²) < 4.78 is 16.2. The summed E-state index contributed by atoms with van der Waals surface area (Å²) in [6.45, 7) is 0. The van der Waals surface area contributed by atoms with Crippen LogP contribution in [0.25, 0.3) is 12.2 Å². The number of rotatable bonds is 8. The van der Waals surface area contributed by atoms with Gasteiger partial charge in [-0.1, -0.05) is 48.6 Å². The number of hydrogen-bond donors (Lipinski definition) is 0. The molecule has 0 aliphatic rings. The van der Waals surface area contributed by atoms with E-state index >= 15 is 0 Å². The van der Waals surface area contributed by atoms with E-state index in [-0.39, 0.29) is 0 Å². The van der Waals surface area contributed by atoms with Crippen molar-refractivity contribution in [2.24, 2.45) is 0 Å². The van der Waals surface area contributed by atoms with Gasteiger partial charge in [0.05, 0.1) is 21.3 Å². The lowest BCUT2D eigenvalue weighted by molar-refractivity contribution is 0.414. The number of benzene rings is 4. The Bertz CT molecular complexity index is 1180. The van der Waals surface area contributed by atoms with Gasteiger partial charge in [0.25, 0.3) is 0 Å². The van der Waals surface area contributed by atoms with Crippen LogP contribution in [-0.2, 0) is 0 Å². The van der Waals surface area contributed by atoms with Crippen LogP contribution >= 0.6 is 0 Å². The van der Waals surface area contributed by atoms with Gasteiger partial charge in [-0.05, 0) is 59.7 Å². The van der Waals surface area contributed by atoms with Crippen LogP contribution in [0.4, 0.5) is 17.1 Å². The van der Waals surface area contributed by atoms with Gasteiger partial charge in [-0.25, -0.2) is 0 Å². The highest BCUT2D eigenvalue weighted by Gasteiger charge is 2.14. The van der Waals surface area contributed by atoms with Crippen LogP contribution in [0.2, 0.25) is 0 Å². The molecule has 0 aliphatic heterocycles. The molecule has 0 bridgehead atoms. The Kier molecular flexibility index (Phi) is 6.96. The van der Waals surface area contributed by atoms with E-state index in [1.54, 1.807) is 21.3 Å². The van der Waals surface area contributed by atoms with Crippen molar-refractivity contribution >= 4 is 29.2 Å². The molecule has 4 heteroatoms. The third kappa shape index (κ3) is 5.36. The average molecular weight is 438 g/mol. The van der Waals surface area contributed by atoms with Gasteiger partial charge in [-0.15, -0.1) is 0 Å². The third-order valence-corrected chi connectivity index (χ3v) is 5.34. The van der Waals surface area contributed by atoms with Gasteiger partial charge in [-0.3, -0.25) is 0 Å². The first-order chi connectivity index (χ1) is 16.2. The van der Waals surface area contributed by atoms with Crippen molar-refractivity contribution in [3.8, 4) is 17.2 Å². The number of hydrogen-bond acceptors (Lipinski definition) is 4. The van der Waals surface area contributed by atoms with Gasteiger partial charge in [0.1, 0.15) is 17.2 Å². The Morgan fingerprint density at radius 1 is 0.485 bits per heavy atom. The first-order valence-corrected chi connectivity index (χ1v) is 10.7. The lowest BCUT2D eigenvalue weighted by Gasteiger charge is -2.26. The summed E-state index contributed by atoms with van der Waals surface area (Å²) >= 11 is 0. The Morgan fingerprint density at radius 3 is 1.52 bits per heavy atom. The molecule has 0 saturated carbocycles. The predicted molar refractivity (Wildman–Crippen MR) is 136 cm³/mol. The van der Waals surface area contributed by atoms with Crippen molar-refractivity contribution in [3.63, 3.8) is 0 Å². The summed E-state index contributed by atoms with van der Waals surface area (Å²) in [5.41, 5.74) is 5.24. The highest BCUT2D eigenvalue weighted by Crippen LogP contribution is 2.37. The molecule has 0 N–H and O–H groups in total. The molecule has 4 aromatic rings. The molecule has 0 aliphatic carbocycles. The highest BCUT2D eigenvalue weighted by atomic mass is 16.5. The maximum Gasteiger partial charge on any atom is 0.120 e. The van der Waals surface area contributed by atoms with E-state index in [0.717, 1.165) is 45.4 Å². The fourth-order valence-corrected chi connectivity index (χ4v) is 3.62. The van der Waals surface area contributed by atoms with Crippen LogP contribution in [0.3, 0.4) is 0 Å². The molecule has 0 aromatic heterocycles. The van der Waals surface area contributed by atoms with E-state index in [9.17, 15) is 0 Å². The zero-order chi connectivity index (χ0) is 23.0. The zero-order valence-electron chi connectivity index (χ0n) is 19.1. The van der Waals surface area contributed by atoms with Crippen LogP contribution in [0, 0.1) is 0 Å². The predicted octanol–water partition coefficient (Wildman–Crippen LogP) is 7.35. The van der Waals surface area contributed by atoms with Gasteiger partial charge in [0.15, 0.2) is 0 Å². The molecule has 166 valence electrons. The van der Waals surface area contributed by atoms with Gasteiger partial charge in [0.2, 0.25) is 0 Å². The fraction of sp³-hybridized carbons (Fsp3) is 0.103. The molecule has 0 saturated heterocycles. The minimum absolute atomic E-state index is 0.804. The van der Waals surface area contributed by atoms with Crippen molar-refractivity contribution in [1.82, 2.24) is 0 Å². The first kappa shape index (κ1) is 22.0. The molecular formula is C29H27NO3. The Hall–Kier alpha value is -4.18. The molecule has 0 fully saturated rings. The van der Waals surface area contributed by atoms with Crippen molar-refractivity contribution in [3.05, 3.63) is 108 Å². The van der Waals surface area contributed by atoms with Crippen molar-refractivity contribution in [1.29, 1.82) is 0 Å². The number of methoxy groups -OCH3 is 3. The van der Waals surface area contributed by atoms with Crippen molar-refractivity contribution < 1.29 is 14.2 Å². The fourth-order valence-electron chi connectivity index (χ4n) is 3.62. The molecule has 4 rings (SSSR count). The standard InChI is InChI=1S/C29H27NO3/c1-31-27-10-4-7-23(19-27)14-13-22-15-17-24(18-16-22)30(25-8-5-11-28(20-25)32-2)26-9-6-12-29(21-26)33-3/h4-21H,1-3H3/b14-13+. The summed E-state index contributed by atoms with van der Waals surface area (Å²) in [4.78, 5) is 2.18. The molecule has 0 heterocycles. The lowest BCUT2D eigenvalue weighted by atomic mass is 10.1. The van der Waals surface area contributed by atoms with Crippen molar-refractivity contribution in [2.75, 3.05) is 26.2 Å². The molecule has 0 spiro atoms. The monoisotopic (exact) mass is 437 g/mol. The summed E-state index contributed by atoms with van der Waals surface area (Å²) in [5.74, 6) is 2.45. The second-order valence-electron chi connectivity index (χ2n) is 7.44. The van der Waals surface area contributed by atoms with E-state index in [1.165, 1.54) is 0 Å². The van der Waals surface area contributed by atoms with E-state index in [0.29, 0.717) is 0 Å². The summed E-state index contributed by atoms with van der Waals surface area (Å²) in [5, 5.41) is 0. The van der Waals surface area contributed by atoms with Crippen LogP contribution < -0.4 is 19.1 Å². The van der Waals surface area contributed by atoms with E-state index in [1.807, 2.05) is 54.6 Å². The van der Waals surface area contributed by atoms with E-state index < -0.39 is 0 Å². The Labute approximate surface area is 195 Å². The Balaban J connectivity index is 1.67. The van der Waals surface area contributed by atoms with Crippen LogP contribution in [0.1, 0.15) is 11.1 Å². The molecule has 0 radical (unpaired) electrons. The maximum atomic E-state index is 5.46. The molecule has 0 unspecified atom stereocenters. The molecule has 4 aromatic carbocycles. The van der Waals surface area contributed by atoms with Crippen LogP contribution in [0.5, 0.6) is 17.2 Å². The van der Waals surface area contributed by atoms with Gasteiger partial charge < -0.3 is 19.1 Å². The quantitative estimate of drug-likeness (QED) is 0.270. The van der Waals surface area contributed by atoms with Gasteiger partial charge in [0, 0.05) is 29.2 Å². The van der Waals surface area contributed by atoms with Crippen LogP contribution in [-0.4, -0.2) is 21.3 Å². The van der Waals surface area contributed by atoms with Crippen LogP contribution in [0.15, 0.2) is 97.1 Å². The highest BCUT2D eigenvalue weighted by molar-refractivity contribution is 5.79. The summed E-state index contributed by atoms with van der Waals surface area (Å²) in [6, 6.07) is 32.5. The zero-order valence-corrected chi connectivity index (χ0v) is 19.1. The SMILES string of the molecule is COc1cccc(/C=C/c2ccc(N(c3cccc(OC)c3)c3cccc(OC)c3)cc2)c1. The van der Waals surface area contributed by atoms with Crippen molar-refractivity contribution in [2.45, 2.75) is 0 Å². The van der Waals surface area contributed by atoms with E-state index in [2.05, 4.69) is 59.5 Å². The summed E-state index contributed by atoms with van der Waals surface area (Å²) in [7, 11) is 5.04. The van der Waals surface area contributed by atoms with Gasteiger partial charge >= 0.3 is 0 Å². The molecule has 0 atom stereocenters. The molecular weight excluding hydrogens is 410 g/mol. The maximum absolute atomic E-state index is 5.46. The van der Waals surface area contributed by atoms with E-state index in [4.69, 9.17) is 14.2 Å². The largest absolute Gasteiger partial charge is 0.497 e. The Morgan fingerprint density at radius 2 is 0.970 bits per heavy atom. The smallest absolute Gasteiger partial charge is 0.120 e. The third-order valence-electron chi connectivity index (χ3n) is 5.34.